The third-order valence-electron chi connectivity index (χ3n) is 5.63. The van der Waals surface area contributed by atoms with Gasteiger partial charge in [-0.05, 0) is 48.3 Å². The minimum atomic E-state index is -0.283. The summed E-state index contributed by atoms with van der Waals surface area (Å²) in [5.41, 5.74) is 1.93. The van der Waals surface area contributed by atoms with E-state index in [0.717, 1.165) is 34.9 Å². The lowest BCUT2D eigenvalue weighted by molar-refractivity contribution is 0.103. The zero-order valence-electron chi connectivity index (χ0n) is 16.4. The van der Waals surface area contributed by atoms with Crippen LogP contribution in [0.15, 0.2) is 18.2 Å². The van der Waals surface area contributed by atoms with E-state index in [9.17, 15) is 10.1 Å². The van der Waals surface area contributed by atoms with E-state index in [2.05, 4.69) is 32.2 Å². The Kier molecular flexibility index (Phi) is 5.41. The van der Waals surface area contributed by atoms with E-state index in [0.29, 0.717) is 31.4 Å². The molecule has 0 saturated carbocycles. The molecule has 7 heteroatoms. The van der Waals surface area contributed by atoms with Gasteiger partial charge in [0.2, 0.25) is 0 Å². The summed E-state index contributed by atoms with van der Waals surface area (Å²) in [6, 6.07) is 7.70. The van der Waals surface area contributed by atoms with Gasteiger partial charge in [-0.1, -0.05) is 50.0 Å². The molecule has 150 valence electrons. The molecule has 1 aromatic carbocycles. The summed E-state index contributed by atoms with van der Waals surface area (Å²) in [6.07, 6.45) is 2.91. The summed E-state index contributed by atoms with van der Waals surface area (Å²) in [7, 11) is 0. The molecule has 2 heterocycles. The summed E-state index contributed by atoms with van der Waals surface area (Å²) < 4.78 is 0.867. The molecule has 2 aromatic heterocycles. The van der Waals surface area contributed by atoms with Gasteiger partial charge in [-0.15, -0.1) is 22.7 Å². The molecule has 0 fully saturated rings. The van der Waals surface area contributed by atoms with E-state index >= 15 is 0 Å². The van der Waals surface area contributed by atoms with Crippen LogP contribution in [-0.2, 0) is 12.8 Å². The predicted octanol–water partition coefficient (Wildman–Crippen LogP) is 7.54. The summed E-state index contributed by atoms with van der Waals surface area (Å²) in [6.45, 7) is 6.79. The summed E-state index contributed by atoms with van der Waals surface area (Å²) >= 11 is 15.4. The summed E-state index contributed by atoms with van der Waals surface area (Å²) in [4.78, 5) is 14.6. The molecule has 3 nitrogen and oxygen atoms in total. The highest BCUT2D eigenvalue weighted by molar-refractivity contribution is 7.22. The first kappa shape index (κ1) is 20.7. The molecule has 1 aliphatic rings. The maximum absolute atomic E-state index is 13.0. The molecule has 1 atom stereocenters. The highest BCUT2D eigenvalue weighted by atomic mass is 35.5. The number of rotatable bonds is 2. The van der Waals surface area contributed by atoms with Crippen LogP contribution in [0.3, 0.4) is 0 Å². The van der Waals surface area contributed by atoms with Crippen molar-refractivity contribution in [2.45, 2.75) is 40.0 Å². The lowest BCUT2D eigenvalue weighted by atomic mass is 9.72. The molecule has 0 unspecified atom stereocenters. The molecular formula is C22H20Cl2N2OS2. The van der Waals surface area contributed by atoms with Gasteiger partial charge >= 0.3 is 0 Å². The molecule has 0 spiro atoms. The third-order valence-corrected chi connectivity index (χ3v) is 8.69. The van der Waals surface area contributed by atoms with E-state index in [1.54, 1.807) is 12.1 Å². The van der Waals surface area contributed by atoms with Crippen LogP contribution >= 0.6 is 45.9 Å². The topological polar surface area (TPSA) is 52.9 Å². The van der Waals surface area contributed by atoms with Gasteiger partial charge in [0.25, 0.3) is 5.91 Å². The smallest absolute Gasteiger partial charge is 0.267 e. The van der Waals surface area contributed by atoms with E-state index in [1.807, 2.05) is 6.07 Å². The average Bonchev–Trinajstić information content (AvgIpc) is 3.16. The number of nitrogens with zero attached hydrogens (tertiary/aromatic N) is 1. The van der Waals surface area contributed by atoms with Crippen molar-refractivity contribution in [2.75, 3.05) is 5.32 Å². The Morgan fingerprint density at radius 1 is 1.28 bits per heavy atom. The van der Waals surface area contributed by atoms with Gasteiger partial charge in [0, 0.05) is 20.0 Å². The van der Waals surface area contributed by atoms with Gasteiger partial charge in [0.15, 0.2) is 0 Å². The lowest BCUT2D eigenvalue weighted by Gasteiger charge is -2.33. The van der Waals surface area contributed by atoms with E-state index in [1.165, 1.54) is 27.6 Å². The normalized spacial score (nSPS) is 16.5. The standard InChI is InChI=1S/C22H20Cl2N2OS2/c1-22(2,3)11-4-6-13-15(10-25)21(29-16(13)8-11)26-20(27)19-18(24)14-7-5-12(23)9-17(14)28-19/h5,7,9,11H,4,6,8H2,1-3H3,(H,26,27)/t11-/m1/s1. The number of hydrogen-bond donors (Lipinski definition) is 1. The van der Waals surface area contributed by atoms with Gasteiger partial charge in [-0.25, -0.2) is 0 Å². The van der Waals surface area contributed by atoms with Crippen LogP contribution in [0, 0.1) is 22.7 Å². The van der Waals surface area contributed by atoms with Gasteiger partial charge in [-0.2, -0.15) is 5.26 Å². The largest absolute Gasteiger partial charge is 0.312 e. The molecule has 29 heavy (non-hydrogen) atoms. The second-order valence-electron chi connectivity index (χ2n) is 8.47. The van der Waals surface area contributed by atoms with Crippen molar-refractivity contribution < 1.29 is 4.79 Å². The summed E-state index contributed by atoms with van der Waals surface area (Å²) in [5.74, 6) is 0.292. The Hall–Kier alpha value is -1.58. The maximum Gasteiger partial charge on any atom is 0.267 e. The molecule has 0 saturated heterocycles. The number of amides is 1. The molecule has 0 aliphatic heterocycles. The van der Waals surface area contributed by atoms with E-state index in [4.69, 9.17) is 23.2 Å². The number of fused-ring (bicyclic) bond motifs is 2. The number of nitrogens with one attached hydrogen (secondary N) is 1. The first-order valence-electron chi connectivity index (χ1n) is 9.42. The number of carbonyl (C=O) groups excluding carboxylic acids is 1. The van der Waals surface area contributed by atoms with E-state index < -0.39 is 0 Å². The van der Waals surface area contributed by atoms with Crippen molar-refractivity contribution in [3.8, 4) is 6.07 Å². The highest BCUT2D eigenvalue weighted by Gasteiger charge is 2.32. The van der Waals surface area contributed by atoms with Crippen molar-refractivity contribution >= 4 is 66.9 Å². The minimum absolute atomic E-state index is 0.226. The SMILES string of the molecule is CC(C)(C)[C@@H]1CCc2c(sc(NC(=O)c3sc4cc(Cl)ccc4c3Cl)c2C#N)C1. The first-order valence-corrected chi connectivity index (χ1v) is 11.8. The van der Waals surface area contributed by atoms with Gasteiger partial charge in [0.1, 0.15) is 15.9 Å². The lowest BCUT2D eigenvalue weighted by Crippen LogP contribution is -2.26. The third kappa shape index (κ3) is 3.80. The number of nitriles is 1. The van der Waals surface area contributed by atoms with Crippen molar-refractivity contribution in [3.05, 3.63) is 49.1 Å². The number of thiophene rings is 2. The van der Waals surface area contributed by atoms with Crippen LogP contribution in [-0.4, -0.2) is 5.91 Å². The molecule has 4 rings (SSSR count). The van der Waals surface area contributed by atoms with Gasteiger partial charge in [0.05, 0.1) is 10.6 Å². The molecule has 1 N–H and O–H groups in total. The molecular weight excluding hydrogens is 443 g/mol. The van der Waals surface area contributed by atoms with Crippen molar-refractivity contribution in [3.63, 3.8) is 0 Å². The monoisotopic (exact) mass is 462 g/mol. The fourth-order valence-electron chi connectivity index (χ4n) is 3.88. The Labute approximate surface area is 188 Å². The molecule has 0 bridgehead atoms. The number of carbonyl (C=O) groups is 1. The van der Waals surface area contributed by atoms with Crippen LogP contribution in [0.2, 0.25) is 10.0 Å². The van der Waals surface area contributed by atoms with Crippen LogP contribution < -0.4 is 5.32 Å². The van der Waals surface area contributed by atoms with Crippen molar-refractivity contribution in [2.24, 2.45) is 11.3 Å². The van der Waals surface area contributed by atoms with Crippen LogP contribution in [0.5, 0.6) is 0 Å². The van der Waals surface area contributed by atoms with Crippen LogP contribution in [0.1, 0.15) is 52.9 Å². The number of hydrogen-bond acceptors (Lipinski definition) is 4. The molecule has 0 radical (unpaired) electrons. The van der Waals surface area contributed by atoms with Gasteiger partial charge < -0.3 is 5.32 Å². The van der Waals surface area contributed by atoms with E-state index in [-0.39, 0.29) is 11.3 Å². The van der Waals surface area contributed by atoms with Crippen LogP contribution in [0.4, 0.5) is 5.00 Å². The highest BCUT2D eigenvalue weighted by Crippen LogP contribution is 2.44. The van der Waals surface area contributed by atoms with Gasteiger partial charge in [-0.3, -0.25) is 4.79 Å². The zero-order chi connectivity index (χ0) is 20.9. The number of halogens is 2. The Balaban J connectivity index is 1.65. The summed E-state index contributed by atoms with van der Waals surface area (Å²) in [5, 5.41) is 15.2. The molecule has 3 aromatic rings. The van der Waals surface area contributed by atoms with Crippen molar-refractivity contribution in [1.29, 1.82) is 5.26 Å². The number of anilines is 1. The molecule has 1 amide bonds. The second kappa shape index (κ2) is 7.59. The zero-order valence-corrected chi connectivity index (χ0v) is 19.5. The quantitative estimate of drug-likeness (QED) is 0.427. The van der Waals surface area contributed by atoms with Crippen molar-refractivity contribution in [1.82, 2.24) is 0 Å². The Morgan fingerprint density at radius 2 is 2.03 bits per heavy atom. The average molecular weight is 463 g/mol. The number of benzene rings is 1. The predicted molar refractivity (Wildman–Crippen MR) is 124 cm³/mol. The fraction of sp³-hybridized carbons (Fsp3) is 0.364. The fourth-order valence-corrected chi connectivity index (χ4v) is 6.84. The Bertz CT molecular complexity index is 1160. The molecule has 1 aliphatic carbocycles. The Morgan fingerprint density at radius 3 is 2.72 bits per heavy atom. The first-order chi connectivity index (χ1) is 13.7. The minimum Gasteiger partial charge on any atom is -0.312 e. The van der Waals surface area contributed by atoms with Crippen LogP contribution in [0.25, 0.3) is 10.1 Å². The maximum atomic E-state index is 13.0. The second-order valence-corrected chi connectivity index (χ2v) is 11.4.